The van der Waals surface area contributed by atoms with Crippen LogP contribution >= 0.6 is 23.2 Å². The molecule has 0 bridgehead atoms. The Morgan fingerprint density at radius 1 is 1.47 bits per heavy atom. The van der Waals surface area contributed by atoms with Crippen LogP contribution in [0.15, 0.2) is 23.1 Å². The summed E-state index contributed by atoms with van der Waals surface area (Å²) in [5.41, 5.74) is 0.723. The second-order valence-electron chi connectivity index (χ2n) is 4.44. The molecule has 0 aliphatic carbocycles. The van der Waals surface area contributed by atoms with E-state index < -0.39 is 10.0 Å². The molecule has 1 aromatic carbocycles. The van der Waals surface area contributed by atoms with Crippen LogP contribution in [0.5, 0.6) is 0 Å². The summed E-state index contributed by atoms with van der Waals surface area (Å²) in [4.78, 5) is 0.0988. The first-order valence-corrected chi connectivity index (χ1v) is 8.22. The van der Waals surface area contributed by atoms with E-state index in [0.717, 1.165) is 5.56 Å². The highest BCUT2D eigenvalue weighted by atomic mass is 35.5. The smallest absolute Gasteiger partial charge is 0.244 e. The highest BCUT2D eigenvalue weighted by Crippen LogP contribution is 2.28. The predicted octanol–water partition coefficient (Wildman–Crippen LogP) is 2.49. The van der Waals surface area contributed by atoms with Gasteiger partial charge < -0.3 is 4.74 Å². The third-order valence-electron chi connectivity index (χ3n) is 3.23. The van der Waals surface area contributed by atoms with Crippen LogP contribution in [0.25, 0.3) is 0 Å². The van der Waals surface area contributed by atoms with Crippen LogP contribution in [-0.4, -0.2) is 39.0 Å². The lowest BCUT2D eigenvalue weighted by molar-refractivity contribution is 0.181. The van der Waals surface area contributed by atoms with E-state index in [2.05, 4.69) is 0 Å². The molecule has 1 atom stereocenters. The minimum atomic E-state index is -3.62. The number of halogens is 2. The van der Waals surface area contributed by atoms with Gasteiger partial charge in [-0.05, 0) is 24.1 Å². The number of hydrogen-bond donors (Lipinski definition) is 0. The summed E-state index contributed by atoms with van der Waals surface area (Å²) < 4.78 is 31.7. The molecule has 1 aromatic rings. The number of ether oxygens (including phenoxy) is 1. The summed E-state index contributed by atoms with van der Waals surface area (Å²) in [6.07, 6.45) is 0.697. The van der Waals surface area contributed by atoms with Crippen LogP contribution in [0, 0.1) is 0 Å². The number of nitrogens with zero attached hydrogens (tertiary/aromatic N) is 1. The van der Waals surface area contributed by atoms with Gasteiger partial charge in [-0.25, -0.2) is 8.42 Å². The Morgan fingerprint density at radius 3 is 2.79 bits per heavy atom. The van der Waals surface area contributed by atoms with Gasteiger partial charge in [0.1, 0.15) is 4.90 Å². The number of alkyl halides is 1. The highest BCUT2D eigenvalue weighted by molar-refractivity contribution is 7.89. The molecule has 1 aliphatic rings. The zero-order chi connectivity index (χ0) is 14.0. The van der Waals surface area contributed by atoms with Crippen molar-refractivity contribution < 1.29 is 13.2 Å². The van der Waals surface area contributed by atoms with Gasteiger partial charge in [-0.3, -0.25) is 0 Å². The number of rotatable bonds is 4. The Balaban J connectivity index is 2.38. The topological polar surface area (TPSA) is 46.6 Å². The van der Waals surface area contributed by atoms with Crippen molar-refractivity contribution in [3.63, 3.8) is 0 Å². The van der Waals surface area contributed by atoms with Crippen molar-refractivity contribution in [2.45, 2.75) is 23.2 Å². The van der Waals surface area contributed by atoms with Crippen LogP contribution in [0.2, 0.25) is 5.02 Å². The average molecular weight is 324 g/mol. The van der Waals surface area contributed by atoms with Gasteiger partial charge in [0.25, 0.3) is 0 Å². The van der Waals surface area contributed by atoms with E-state index in [1.807, 2.05) is 0 Å². The predicted molar refractivity (Wildman–Crippen MR) is 75.2 cm³/mol. The number of benzene rings is 1. The summed E-state index contributed by atoms with van der Waals surface area (Å²) in [7, 11) is -2.07. The van der Waals surface area contributed by atoms with E-state index in [-0.39, 0.29) is 21.8 Å². The second-order valence-corrected chi connectivity index (χ2v) is 7.08. The van der Waals surface area contributed by atoms with E-state index in [4.69, 9.17) is 27.9 Å². The summed E-state index contributed by atoms with van der Waals surface area (Å²) >= 11 is 11.7. The summed E-state index contributed by atoms with van der Waals surface area (Å²) in [6, 6.07) is 4.66. The summed E-state index contributed by atoms with van der Waals surface area (Å²) in [5.74, 6) is 0.246. The first-order chi connectivity index (χ1) is 8.96. The molecular formula is C12H15Cl2NO3S. The van der Waals surface area contributed by atoms with Gasteiger partial charge in [-0.2, -0.15) is 4.31 Å². The van der Waals surface area contributed by atoms with Crippen molar-refractivity contribution >= 4 is 33.2 Å². The molecule has 0 N–H and O–H groups in total. The van der Waals surface area contributed by atoms with Gasteiger partial charge in [0, 0.05) is 19.5 Å². The van der Waals surface area contributed by atoms with E-state index in [1.54, 1.807) is 19.2 Å². The van der Waals surface area contributed by atoms with Gasteiger partial charge >= 0.3 is 0 Å². The fourth-order valence-corrected chi connectivity index (χ4v) is 4.05. The second kappa shape index (κ2) is 5.97. The minimum absolute atomic E-state index is 0.0988. The highest BCUT2D eigenvalue weighted by Gasteiger charge is 2.32. The Labute approximate surface area is 123 Å². The standard InChI is InChI=1S/C12H15Cl2NO3S/c1-15(10-4-5-18-8-10)19(16,17)12-6-9(7-13)2-3-11(12)14/h2-3,6,10H,4-5,7-8H2,1H3. The molecule has 106 valence electrons. The van der Waals surface area contributed by atoms with Crippen molar-refractivity contribution in [3.8, 4) is 0 Å². The maximum Gasteiger partial charge on any atom is 0.244 e. The van der Waals surface area contributed by atoms with Gasteiger partial charge in [-0.15, -0.1) is 11.6 Å². The normalized spacial score (nSPS) is 20.1. The monoisotopic (exact) mass is 323 g/mol. The van der Waals surface area contributed by atoms with Crippen LogP contribution in [-0.2, 0) is 20.6 Å². The van der Waals surface area contributed by atoms with Gasteiger partial charge in [0.05, 0.1) is 17.7 Å². The molecule has 19 heavy (non-hydrogen) atoms. The molecule has 1 aliphatic heterocycles. The number of sulfonamides is 1. The largest absolute Gasteiger partial charge is 0.380 e. The Morgan fingerprint density at radius 2 is 2.21 bits per heavy atom. The molecule has 2 rings (SSSR count). The molecule has 0 amide bonds. The van der Waals surface area contributed by atoms with Gasteiger partial charge in [-0.1, -0.05) is 17.7 Å². The molecule has 7 heteroatoms. The molecule has 1 saturated heterocycles. The van der Waals surface area contributed by atoms with E-state index in [1.165, 1.54) is 10.4 Å². The number of likely N-dealkylation sites (N-methyl/N-ethyl adjacent to an activating group) is 1. The Hall–Kier alpha value is -0.330. The zero-order valence-electron chi connectivity index (χ0n) is 10.5. The van der Waals surface area contributed by atoms with E-state index in [0.29, 0.717) is 19.6 Å². The summed E-state index contributed by atoms with van der Waals surface area (Å²) in [5, 5.41) is 0.208. The van der Waals surface area contributed by atoms with Crippen LogP contribution < -0.4 is 0 Å². The van der Waals surface area contributed by atoms with E-state index in [9.17, 15) is 8.42 Å². The third kappa shape index (κ3) is 3.06. The molecular weight excluding hydrogens is 309 g/mol. The van der Waals surface area contributed by atoms with Crippen LogP contribution in [0.3, 0.4) is 0 Å². The Bertz CT molecular complexity index is 556. The number of hydrogen-bond acceptors (Lipinski definition) is 3. The zero-order valence-corrected chi connectivity index (χ0v) is 12.8. The molecule has 0 spiro atoms. The maximum absolute atomic E-state index is 12.6. The van der Waals surface area contributed by atoms with Crippen molar-refractivity contribution in [1.82, 2.24) is 4.31 Å². The minimum Gasteiger partial charge on any atom is -0.380 e. The molecule has 0 saturated carbocycles. The lowest BCUT2D eigenvalue weighted by Gasteiger charge is -2.23. The SMILES string of the molecule is CN(C1CCOC1)S(=O)(=O)c1cc(CCl)ccc1Cl. The third-order valence-corrected chi connectivity index (χ3v) is 5.93. The molecule has 1 fully saturated rings. The van der Waals surface area contributed by atoms with Gasteiger partial charge in [0.2, 0.25) is 10.0 Å². The van der Waals surface area contributed by atoms with E-state index >= 15 is 0 Å². The molecule has 0 radical (unpaired) electrons. The lowest BCUT2D eigenvalue weighted by Crippen LogP contribution is -2.37. The fraction of sp³-hybridized carbons (Fsp3) is 0.500. The lowest BCUT2D eigenvalue weighted by atomic mass is 10.2. The van der Waals surface area contributed by atoms with Crippen molar-refractivity contribution in [3.05, 3.63) is 28.8 Å². The van der Waals surface area contributed by atoms with Gasteiger partial charge in [0.15, 0.2) is 0 Å². The van der Waals surface area contributed by atoms with Crippen LogP contribution in [0.1, 0.15) is 12.0 Å². The quantitative estimate of drug-likeness (QED) is 0.800. The first-order valence-electron chi connectivity index (χ1n) is 5.87. The van der Waals surface area contributed by atoms with Crippen molar-refractivity contribution in [2.75, 3.05) is 20.3 Å². The first kappa shape index (κ1) is 15.1. The van der Waals surface area contributed by atoms with Crippen molar-refractivity contribution in [2.24, 2.45) is 0 Å². The average Bonchev–Trinajstić information content (AvgIpc) is 2.92. The van der Waals surface area contributed by atoms with Crippen LogP contribution in [0.4, 0.5) is 0 Å². The maximum atomic E-state index is 12.6. The molecule has 0 aromatic heterocycles. The Kier molecular flexibility index (Phi) is 4.74. The fourth-order valence-electron chi connectivity index (χ4n) is 1.99. The molecule has 4 nitrogen and oxygen atoms in total. The van der Waals surface area contributed by atoms with Crippen molar-refractivity contribution in [1.29, 1.82) is 0 Å². The summed E-state index contributed by atoms with van der Waals surface area (Å²) in [6.45, 7) is 1.00. The molecule has 1 unspecified atom stereocenters. The molecule has 1 heterocycles.